The van der Waals surface area contributed by atoms with Gasteiger partial charge in [-0.3, -0.25) is 9.36 Å². The van der Waals surface area contributed by atoms with E-state index in [2.05, 4.69) is 21.2 Å². The molecule has 1 N–H and O–H groups in total. The van der Waals surface area contributed by atoms with Crippen molar-refractivity contribution in [3.8, 4) is 5.88 Å². The molecule has 2 aromatic carbocycles. The number of alkyl carbamates (subject to hydrolysis) is 1. The van der Waals surface area contributed by atoms with Crippen LogP contribution in [0, 0.1) is 0 Å². The summed E-state index contributed by atoms with van der Waals surface area (Å²) in [6.45, 7) is 5.44. The number of nitrogens with one attached hydrogen (secondary N) is 1. The second-order valence-corrected chi connectivity index (χ2v) is 9.83. The number of aromatic nitrogens is 2. The Labute approximate surface area is 205 Å². The van der Waals surface area contributed by atoms with Gasteiger partial charge in [0.1, 0.15) is 28.9 Å². The zero-order valence-electron chi connectivity index (χ0n) is 19.2. The number of carbonyl (C=O) groups is 1. The highest BCUT2D eigenvalue weighted by atomic mass is 79.9. The van der Waals surface area contributed by atoms with Gasteiger partial charge in [0.05, 0.1) is 0 Å². The number of carbonyl (C=O) groups excluding carboxylic acids is 1. The van der Waals surface area contributed by atoms with Crippen LogP contribution < -0.4 is 21.3 Å². The maximum absolute atomic E-state index is 13.7. The van der Waals surface area contributed by atoms with E-state index in [4.69, 9.17) is 9.47 Å². The number of amides is 1. The van der Waals surface area contributed by atoms with Gasteiger partial charge in [-0.05, 0) is 47.8 Å². The highest BCUT2D eigenvalue weighted by molar-refractivity contribution is 9.10. The van der Waals surface area contributed by atoms with Crippen LogP contribution in [-0.2, 0) is 11.2 Å². The van der Waals surface area contributed by atoms with Gasteiger partial charge in [0.15, 0.2) is 0 Å². The van der Waals surface area contributed by atoms with E-state index in [0.717, 1.165) is 15.7 Å². The number of benzene rings is 2. The molecule has 0 spiro atoms. The van der Waals surface area contributed by atoms with Crippen molar-refractivity contribution in [2.45, 2.75) is 45.0 Å². The van der Waals surface area contributed by atoms with E-state index in [-0.39, 0.29) is 23.4 Å². The fraction of sp³-hybridized carbons (Fsp3) is 0.320. The van der Waals surface area contributed by atoms with Crippen LogP contribution in [0.5, 0.6) is 5.88 Å². The molecular formula is C25H26BrN3O5. The average molecular weight is 528 g/mol. The third-order valence-corrected chi connectivity index (χ3v) is 6.04. The Balaban J connectivity index is 1.82. The van der Waals surface area contributed by atoms with Crippen LogP contribution in [0.4, 0.5) is 4.79 Å². The molecule has 0 saturated carbocycles. The lowest BCUT2D eigenvalue weighted by atomic mass is 10.1. The van der Waals surface area contributed by atoms with Crippen LogP contribution in [-0.4, -0.2) is 27.4 Å². The Bertz CT molecular complexity index is 1300. The topological polar surface area (TPSA) is 91.6 Å². The lowest BCUT2D eigenvalue weighted by Crippen LogP contribution is -2.49. The normalized spacial score (nSPS) is 15.8. The molecule has 3 aromatic rings. The van der Waals surface area contributed by atoms with Gasteiger partial charge in [-0.25, -0.2) is 14.2 Å². The van der Waals surface area contributed by atoms with Gasteiger partial charge in [-0.15, -0.1) is 0 Å². The van der Waals surface area contributed by atoms with Crippen molar-refractivity contribution in [1.29, 1.82) is 0 Å². The van der Waals surface area contributed by atoms with E-state index in [0.29, 0.717) is 0 Å². The first-order valence-corrected chi connectivity index (χ1v) is 11.7. The molecule has 2 atom stereocenters. The average Bonchev–Trinajstić information content (AvgIpc) is 3.23. The minimum absolute atomic E-state index is 0.120. The third-order valence-electron chi connectivity index (χ3n) is 5.37. The van der Waals surface area contributed by atoms with E-state index in [1.165, 1.54) is 4.57 Å². The van der Waals surface area contributed by atoms with Gasteiger partial charge in [0.2, 0.25) is 5.88 Å². The molecule has 8 nitrogen and oxygen atoms in total. The second kappa shape index (κ2) is 9.50. The summed E-state index contributed by atoms with van der Waals surface area (Å²) >= 11 is 3.32. The summed E-state index contributed by atoms with van der Waals surface area (Å²) in [7, 11) is 0. The van der Waals surface area contributed by atoms with Gasteiger partial charge < -0.3 is 14.8 Å². The molecule has 34 heavy (non-hydrogen) atoms. The van der Waals surface area contributed by atoms with E-state index >= 15 is 0 Å². The summed E-state index contributed by atoms with van der Waals surface area (Å²) in [5, 5.41) is 2.72. The molecule has 1 aromatic heterocycles. The van der Waals surface area contributed by atoms with Crippen molar-refractivity contribution in [3.05, 3.63) is 97.1 Å². The molecule has 0 fully saturated rings. The monoisotopic (exact) mass is 527 g/mol. The number of rotatable bonds is 5. The van der Waals surface area contributed by atoms with Crippen molar-refractivity contribution in [2.75, 3.05) is 6.61 Å². The van der Waals surface area contributed by atoms with Gasteiger partial charge in [0, 0.05) is 6.42 Å². The summed E-state index contributed by atoms with van der Waals surface area (Å²) in [4.78, 5) is 39.7. The van der Waals surface area contributed by atoms with Crippen molar-refractivity contribution >= 4 is 22.0 Å². The Morgan fingerprint density at radius 1 is 1.12 bits per heavy atom. The van der Waals surface area contributed by atoms with Crippen LogP contribution in [0.15, 0.2) is 74.7 Å². The van der Waals surface area contributed by atoms with E-state index in [1.54, 1.807) is 20.8 Å². The summed E-state index contributed by atoms with van der Waals surface area (Å²) in [5.74, 6) is 0.177. The lowest BCUT2D eigenvalue weighted by Gasteiger charge is -2.25. The number of nitrogens with zero attached hydrogens (tertiary/aromatic N) is 2. The number of halogens is 1. The van der Waals surface area contributed by atoms with Gasteiger partial charge >= 0.3 is 11.8 Å². The van der Waals surface area contributed by atoms with Crippen molar-refractivity contribution in [3.63, 3.8) is 0 Å². The highest BCUT2D eigenvalue weighted by Crippen LogP contribution is 2.33. The third kappa shape index (κ3) is 4.94. The minimum atomic E-state index is -0.983. The Kier molecular flexibility index (Phi) is 6.65. The van der Waals surface area contributed by atoms with Gasteiger partial charge in [0.25, 0.3) is 5.56 Å². The Hall–Kier alpha value is -3.33. The summed E-state index contributed by atoms with van der Waals surface area (Å²) < 4.78 is 13.8. The van der Waals surface area contributed by atoms with Crippen LogP contribution in [0.3, 0.4) is 0 Å². The molecule has 0 bridgehead atoms. The van der Waals surface area contributed by atoms with E-state index in [9.17, 15) is 14.4 Å². The number of fused-ring (bicyclic) bond motifs is 1. The molecule has 4 rings (SSSR count). The zero-order valence-corrected chi connectivity index (χ0v) is 20.7. The first kappa shape index (κ1) is 23.8. The Morgan fingerprint density at radius 2 is 1.74 bits per heavy atom. The van der Waals surface area contributed by atoms with Crippen molar-refractivity contribution in [2.24, 2.45) is 0 Å². The quantitative estimate of drug-likeness (QED) is 0.541. The molecule has 9 heteroatoms. The highest BCUT2D eigenvalue weighted by Gasteiger charge is 2.34. The fourth-order valence-corrected chi connectivity index (χ4v) is 4.41. The Morgan fingerprint density at radius 3 is 2.35 bits per heavy atom. The van der Waals surface area contributed by atoms with Crippen molar-refractivity contribution < 1.29 is 14.3 Å². The van der Waals surface area contributed by atoms with E-state index in [1.807, 2.05) is 60.7 Å². The second-order valence-electron chi connectivity index (χ2n) is 9.04. The van der Waals surface area contributed by atoms with Crippen LogP contribution in [0.2, 0.25) is 0 Å². The number of hydrogen-bond acceptors (Lipinski definition) is 5. The molecule has 1 aliphatic rings. The molecule has 0 radical (unpaired) electrons. The van der Waals surface area contributed by atoms with Crippen LogP contribution >= 0.6 is 15.9 Å². The minimum Gasteiger partial charge on any atom is -0.475 e. The molecule has 1 amide bonds. The van der Waals surface area contributed by atoms with Crippen molar-refractivity contribution in [1.82, 2.24) is 14.5 Å². The first-order valence-electron chi connectivity index (χ1n) is 10.9. The standard InChI is InChI=1S/C25H26BrN3O5/c1-25(2,3)34-23(31)27-19(14-16-10-6-4-7-11-16)29-21(30)20(26)22-28(24(29)32)18(15-33-22)17-12-8-5-9-13-17/h4-13,18-19H,14-15H2,1-3H3,(H,27,31). The fourth-order valence-electron chi connectivity index (χ4n) is 3.92. The SMILES string of the molecule is CC(C)(C)OC(=O)NC(Cc1ccccc1)n1c(=O)c(Br)c2n(c1=O)C(c1ccccc1)CO2. The van der Waals surface area contributed by atoms with E-state index < -0.39 is 35.2 Å². The zero-order chi connectivity index (χ0) is 24.5. The largest absolute Gasteiger partial charge is 0.475 e. The predicted molar refractivity (Wildman–Crippen MR) is 131 cm³/mol. The smallest absolute Gasteiger partial charge is 0.409 e. The summed E-state index contributed by atoms with van der Waals surface area (Å²) in [6.07, 6.45) is -1.50. The van der Waals surface area contributed by atoms with Gasteiger partial charge in [-0.2, -0.15) is 0 Å². The lowest BCUT2D eigenvalue weighted by molar-refractivity contribution is 0.0478. The maximum atomic E-state index is 13.7. The summed E-state index contributed by atoms with van der Waals surface area (Å²) in [5.41, 5.74) is -0.201. The molecule has 0 aliphatic carbocycles. The maximum Gasteiger partial charge on any atom is 0.409 e. The number of hydrogen-bond donors (Lipinski definition) is 1. The van der Waals surface area contributed by atoms with Crippen LogP contribution in [0.1, 0.15) is 44.1 Å². The molecular weight excluding hydrogens is 502 g/mol. The number of ether oxygens (including phenoxy) is 2. The molecule has 2 unspecified atom stereocenters. The van der Waals surface area contributed by atoms with Gasteiger partial charge in [-0.1, -0.05) is 60.7 Å². The molecule has 0 saturated heterocycles. The summed E-state index contributed by atoms with van der Waals surface area (Å²) in [6, 6.07) is 18.4. The molecule has 178 valence electrons. The first-order chi connectivity index (χ1) is 16.2. The molecule has 2 heterocycles. The van der Waals surface area contributed by atoms with Crippen LogP contribution in [0.25, 0.3) is 0 Å². The predicted octanol–water partition coefficient (Wildman–Crippen LogP) is 4.02. The molecule has 1 aliphatic heterocycles.